The summed E-state index contributed by atoms with van der Waals surface area (Å²) in [7, 11) is 0. The molecule has 0 aromatic heterocycles. The maximum absolute atomic E-state index is 3.09. The van der Waals surface area contributed by atoms with Gasteiger partial charge in [-0.3, -0.25) is 0 Å². The number of anilines is 10. The molecule has 10 aliphatic rings. The Hall–Kier alpha value is -8.54. The summed E-state index contributed by atoms with van der Waals surface area (Å²) < 4.78 is 0. The molecule has 0 saturated heterocycles. The third kappa shape index (κ3) is 12.3. The molecule has 4 aliphatic heterocycles. The van der Waals surface area contributed by atoms with Crippen molar-refractivity contribution in [1.29, 1.82) is 0 Å². The molecule has 0 saturated carbocycles. The predicted octanol–water partition coefficient (Wildman–Crippen LogP) is 25.5. The van der Waals surface area contributed by atoms with E-state index in [1.54, 1.807) is 33.4 Å². The molecule has 104 heavy (non-hydrogen) atoms. The molecule has 0 spiro atoms. The molecule has 8 unspecified atom stereocenters. The molecule has 0 amide bonds. The standard InChI is InChI=1S/C99H111BN4/c1-96(2,3)71-50-42-66(43-51-71)82-37-26-38-83(67-44-52-72(53-45-67)97(4,5)6)94(82)103-89-64-79(101(75-28-16-12-17-29-75)76-30-18-13-19-31-76)58-60-87(89)100-88-61-59-80(102(77-32-20-14-21-33-77)78-34-22-15-23-35-78)65-90(88)104-92-63-70(62-91(103)93(92)100)81-36-24-25-41-86(81)99(10,11)74-56-48-69(49-57-74)85-40-27-39-84(95(85)104)68-46-54-73(55-47-68)98(7,8)9/h12-25,28-37,40-41,44,46,50,56,58-66,69,72-73,83-84,94-95H,26-27,38-39,42-43,45,47-49,51-55,57H2,1-11H3. The molecule has 5 heteroatoms. The minimum absolute atomic E-state index is 0.0744. The summed E-state index contributed by atoms with van der Waals surface area (Å²) >= 11 is 0. The highest BCUT2D eigenvalue weighted by molar-refractivity contribution is 7.00. The van der Waals surface area contributed by atoms with Gasteiger partial charge in [-0.15, -0.1) is 0 Å². The smallest absolute Gasteiger partial charge is 0.252 e. The Balaban J connectivity index is 1.00. The zero-order valence-electron chi connectivity index (χ0n) is 64.2. The van der Waals surface area contributed by atoms with E-state index < -0.39 is 0 Å². The fourth-order valence-corrected chi connectivity index (χ4v) is 21.3. The van der Waals surface area contributed by atoms with Crippen LogP contribution in [0.4, 0.5) is 56.9 Å². The van der Waals surface area contributed by atoms with E-state index in [2.05, 4.69) is 326 Å². The van der Waals surface area contributed by atoms with Crippen LogP contribution in [-0.2, 0) is 5.41 Å². The molecular formula is C99H111BN4. The van der Waals surface area contributed by atoms with Crippen molar-refractivity contribution in [3.05, 3.63) is 270 Å². The highest BCUT2D eigenvalue weighted by Gasteiger charge is 2.52. The summed E-state index contributed by atoms with van der Waals surface area (Å²) in [6.07, 6.45) is 35.0. The normalized spacial score (nSPS) is 24.2. The van der Waals surface area contributed by atoms with E-state index >= 15 is 0 Å². The van der Waals surface area contributed by atoms with Gasteiger partial charge in [-0.2, -0.15) is 0 Å². The van der Waals surface area contributed by atoms with Crippen molar-refractivity contribution in [2.24, 2.45) is 51.8 Å². The molecule has 8 aromatic carbocycles. The Bertz CT molecular complexity index is 4660. The first-order valence-corrected chi connectivity index (χ1v) is 40.4. The minimum Gasteiger partial charge on any atom is -0.334 e. The molecule has 0 radical (unpaired) electrons. The fourth-order valence-electron chi connectivity index (χ4n) is 21.3. The van der Waals surface area contributed by atoms with Crippen molar-refractivity contribution in [2.45, 2.75) is 196 Å². The summed E-state index contributed by atoms with van der Waals surface area (Å²) in [6.45, 7) is 27.3. The van der Waals surface area contributed by atoms with Crippen LogP contribution >= 0.6 is 0 Å². The average molecular weight is 1370 g/mol. The van der Waals surface area contributed by atoms with Crippen molar-refractivity contribution >= 4 is 80.0 Å². The van der Waals surface area contributed by atoms with Crippen molar-refractivity contribution < 1.29 is 0 Å². The summed E-state index contributed by atoms with van der Waals surface area (Å²) in [5.41, 5.74) is 31.3. The quantitative estimate of drug-likeness (QED) is 0.0999. The van der Waals surface area contributed by atoms with Crippen molar-refractivity contribution in [3.63, 3.8) is 0 Å². The van der Waals surface area contributed by atoms with Gasteiger partial charge in [-0.1, -0.05) is 244 Å². The second-order valence-electron chi connectivity index (χ2n) is 36.3. The SMILES string of the molecule is CC(C)(C)C1=CCC(C2=CCCC(C3=CCC(C(C)(C)C)CC3)C2N2c3cc(N(c4ccccc4)c4ccccc4)ccc3B3c4ccc(N(c5ccccc5)c5ccccc5)cc4N4c5cc(cc2c53)-c2ccccc2C(C)(C)C2=CCC(CC2)C2=CCCC(C3=CCC(C(C)(C)C)CC3)C24)CC1. The zero-order valence-corrected chi connectivity index (χ0v) is 64.2. The third-order valence-corrected chi connectivity index (χ3v) is 27.1. The van der Waals surface area contributed by atoms with E-state index in [4.69, 9.17) is 0 Å². The molecule has 18 rings (SSSR count). The van der Waals surface area contributed by atoms with Crippen molar-refractivity contribution in [1.82, 2.24) is 0 Å². The van der Waals surface area contributed by atoms with Gasteiger partial charge in [0.15, 0.2) is 0 Å². The number of hydrogen-bond acceptors (Lipinski definition) is 4. The van der Waals surface area contributed by atoms with Crippen LogP contribution in [0.3, 0.4) is 0 Å². The molecule has 4 nitrogen and oxygen atoms in total. The van der Waals surface area contributed by atoms with Crippen LogP contribution in [0.1, 0.15) is 184 Å². The first-order valence-electron chi connectivity index (χ1n) is 40.4. The Morgan fingerprint density at radius 3 is 1.22 bits per heavy atom. The second kappa shape index (κ2) is 27.1. The molecule has 8 aromatic rings. The third-order valence-electron chi connectivity index (χ3n) is 27.1. The van der Waals surface area contributed by atoms with Crippen LogP contribution in [0, 0.1) is 51.8 Å². The molecule has 6 aliphatic carbocycles. The fraction of sp³-hybridized carbons (Fsp3) is 0.394. The van der Waals surface area contributed by atoms with Gasteiger partial charge < -0.3 is 19.6 Å². The second-order valence-corrected chi connectivity index (χ2v) is 36.3. The van der Waals surface area contributed by atoms with Crippen LogP contribution in [0.15, 0.2) is 264 Å². The Labute approximate surface area is 624 Å². The number of hydrogen-bond donors (Lipinski definition) is 0. The highest BCUT2D eigenvalue weighted by atomic mass is 15.2. The average Bonchev–Trinajstić information content (AvgIpc) is 0.902. The summed E-state index contributed by atoms with van der Waals surface area (Å²) in [5, 5.41) is 0. The predicted molar refractivity (Wildman–Crippen MR) is 445 cm³/mol. The molecule has 8 atom stereocenters. The van der Waals surface area contributed by atoms with E-state index in [1.165, 1.54) is 86.5 Å². The van der Waals surface area contributed by atoms with Gasteiger partial charge >= 0.3 is 0 Å². The van der Waals surface area contributed by atoms with Crippen LogP contribution < -0.4 is 36.0 Å². The van der Waals surface area contributed by atoms with Gasteiger partial charge in [0.05, 0.1) is 12.1 Å². The number of allylic oxidation sites excluding steroid dienone is 8. The van der Waals surface area contributed by atoms with Crippen LogP contribution in [0.2, 0.25) is 0 Å². The van der Waals surface area contributed by atoms with E-state index in [1.807, 2.05) is 0 Å². The number of para-hydroxylation sites is 4. The van der Waals surface area contributed by atoms with Gasteiger partial charge in [0, 0.05) is 74.1 Å². The molecular weight excluding hydrogens is 1260 g/mol. The van der Waals surface area contributed by atoms with Crippen LogP contribution in [0.25, 0.3) is 11.1 Å². The largest absolute Gasteiger partial charge is 0.334 e. The summed E-state index contributed by atoms with van der Waals surface area (Å²) in [6, 6.07) is 75.9. The van der Waals surface area contributed by atoms with E-state index in [-0.39, 0.29) is 40.5 Å². The van der Waals surface area contributed by atoms with E-state index in [9.17, 15) is 0 Å². The van der Waals surface area contributed by atoms with Gasteiger partial charge in [0.1, 0.15) is 0 Å². The minimum atomic E-state index is -0.202. The highest BCUT2D eigenvalue weighted by Crippen LogP contribution is 2.57. The first kappa shape index (κ1) is 68.6. The number of nitrogens with zero attached hydrogens (tertiary/aromatic N) is 4. The maximum Gasteiger partial charge on any atom is 0.252 e. The number of fused-ring (bicyclic) bond motifs is 6. The molecule has 4 heterocycles. The van der Waals surface area contributed by atoms with E-state index in [0.717, 1.165) is 106 Å². The van der Waals surface area contributed by atoms with Gasteiger partial charge in [0.2, 0.25) is 0 Å². The van der Waals surface area contributed by atoms with Gasteiger partial charge in [0.25, 0.3) is 6.71 Å². The van der Waals surface area contributed by atoms with Crippen LogP contribution in [0.5, 0.6) is 0 Å². The van der Waals surface area contributed by atoms with E-state index in [0.29, 0.717) is 35.5 Å². The van der Waals surface area contributed by atoms with Gasteiger partial charge in [-0.05, 0) is 272 Å². The lowest BCUT2D eigenvalue weighted by Crippen LogP contribution is -2.65. The maximum atomic E-state index is 3.09. The topological polar surface area (TPSA) is 13.0 Å². The lowest BCUT2D eigenvalue weighted by molar-refractivity contribution is 0.215. The lowest BCUT2D eigenvalue weighted by Gasteiger charge is -2.54. The van der Waals surface area contributed by atoms with Crippen LogP contribution in [-0.4, -0.2) is 18.8 Å². The molecule has 0 N–H and O–H groups in total. The molecule has 0 fully saturated rings. The van der Waals surface area contributed by atoms with Crippen molar-refractivity contribution in [2.75, 3.05) is 19.6 Å². The summed E-state index contributed by atoms with van der Waals surface area (Å²) in [5.74, 6) is 2.82. The summed E-state index contributed by atoms with van der Waals surface area (Å²) in [4.78, 5) is 11.2. The number of rotatable bonds is 10. The Morgan fingerprint density at radius 1 is 0.394 bits per heavy atom. The monoisotopic (exact) mass is 1370 g/mol. The van der Waals surface area contributed by atoms with Gasteiger partial charge in [-0.25, -0.2) is 0 Å². The Morgan fingerprint density at radius 2 is 0.827 bits per heavy atom. The zero-order chi connectivity index (χ0) is 71.4. The first-order chi connectivity index (χ1) is 50.3. The number of benzene rings is 8. The lowest BCUT2D eigenvalue weighted by atomic mass is 9.33. The molecule has 4 bridgehead atoms. The Kier molecular flexibility index (Phi) is 17.9. The van der Waals surface area contributed by atoms with Crippen molar-refractivity contribution in [3.8, 4) is 11.1 Å². The molecule has 530 valence electrons.